The third-order valence-electron chi connectivity index (χ3n) is 2.78. The highest BCUT2D eigenvalue weighted by molar-refractivity contribution is 7.89. The summed E-state index contributed by atoms with van der Waals surface area (Å²) in [5.74, 6) is 4.87. The molecule has 1 atom stereocenters. The number of aryl methyl sites for hydroxylation is 1. The molecule has 3 nitrogen and oxygen atoms in total. The van der Waals surface area contributed by atoms with E-state index in [-0.39, 0.29) is 11.4 Å². The Labute approximate surface area is 115 Å². The zero-order valence-corrected chi connectivity index (χ0v) is 11.9. The van der Waals surface area contributed by atoms with Crippen LogP contribution in [-0.4, -0.2) is 25.3 Å². The quantitative estimate of drug-likeness (QED) is 0.771. The van der Waals surface area contributed by atoms with E-state index in [1.165, 1.54) is 4.31 Å². The van der Waals surface area contributed by atoms with Gasteiger partial charge in [0.2, 0.25) is 10.0 Å². The van der Waals surface area contributed by atoms with Crippen molar-refractivity contribution in [2.24, 2.45) is 0 Å². The summed E-state index contributed by atoms with van der Waals surface area (Å²) in [4.78, 5) is 0.234. The lowest BCUT2D eigenvalue weighted by Gasteiger charge is -2.24. The highest BCUT2D eigenvalue weighted by Gasteiger charge is 2.27. The standard InChI is InChI=1S/C15H17NO2S/c1-5-7-12-16(14(4)6-2)19(17,18)15-10-8-13(3)9-11-15/h1-2,8-11,14H,7,12H2,3-4H3. The predicted octanol–water partition coefficient (Wildman–Crippen LogP) is 2.03. The van der Waals surface area contributed by atoms with Gasteiger partial charge in [-0.3, -0.25) is 0 Å². The van der Waals surface area contributed by atoms with Crippen molar-refractivity contribution in [3.05, 3.63) is 29.8 Å². The van der Waals surface area contributed by atoms with E-state index in [2.05, 4.69) is 11.8 Å². The Balaban J connectivity index is 3.16. The van der Waals surface area contributed by atoms with Gasteiger partial charge in [-0.05, 0) is 26.0 Å². The summed E-state index contributed by atoms with van der Waals surface area (Å²) in [5.41, 5.74) is 0.999. The van der Waals surface area contributed by atoms with E-state index < -0.39 is 16.1 Å². The van der Waals surface area contributed by atoms with Crippen molar-refractivity contribution < 1.29 is 8.42 Å². The highest BCUT2D eigenvalue weighted by Crippen LogP contribution is 2.19. The van der Waals surface area contributed by atoms with E-state index in [0.717, 1.165) is 5.56 Å². The zero-order chi connectivity index (χ0) is 14.5. The van der Waals surface area contributed by atoms with Gasteiger partial charge in [-0.15, -0.1) is 18.8 Å². The first-order chi connectivity index (χ1) is 8.93. The first-order valence-corrected chi connectivity index (χ1v) is 7.35. The third-order valence-corrected chi connectivity index (χ3v) is 4.76. The molecule has 0 saturated carbocycles. The minimum Gasteiger partial charge on any atom is -0.207 e. The van der Waals surface area contributed by atoms with Crippen LogP contribution in [0.5, 0.6) is 0 Å². The summed E-state index contributed by atoms with van der Waals surface area (Å²) >= 11 is 0. The van der Waals surface area contributed by atoms with Gasteiger partial charge in [-0.2, -0.15) is 4.31 Å². The molecule has 0 heterocycles. The van der Waals surface area contributed by atoms with E-state index in [4.69, 9.17) is 12.8 Å². The Morgan fingerprint density at radius 3 is 2.32 bits per heavy atom. The maximum Gasteiger partial charge on any atom is 0.244 e. The summed E-state index contributed by atoms with van der Waals surface area (Å²) in [6.45, 7) is 3.79. The molecule has 1 rings (SSSR count). The van der Waals surface area contributed by atoms with Crippen LogP contribution in [0, 0.1) is 31.6 Å². The molecule has 1 unspecified atom stereocenters. The van der Waals surface area contributed by atoms with Gasteiger partial charge >= 0.3 is 0 Å². The van der Waals surface area contributed by atoms with Crippen LogP contribution < -0.4 is 0 Å². The molecule has 0 fully saturated rings. The number of rotatable bonds is 5. The SMILES string of the molecule is C#CCCN(C(C)C#C)S(=O)(=O)c1ccc(C)cc1. The van der Waals surface area contributed by atoms with Crippen molar-refractivity contribution in [2.75, 3.05) is 6.54 Å². The topological polar surface area (TPSA) is 37.4 Å². The lowest BCUT2D eigenvalue weighted by molar-refractivity contribution is 0.392. The number of terminal acetylenes is 2. The van der Waals surface area contributed by atoms with Crippen LogP contribution in [0.15, 0.2) is 29.2 Å². The summed E-state index contributed by atoms with van der Waals surface area (Å²) in [6.07, 6.45) is 10.9. The second-order valence-electron chi connectivity index (χ2n) is 4.23. The van der Waals surface area contributed by atoms with Gasteiger partial charge in [0.05, 0.1) is 10.9 Å². The molecule has 0 spiro atoms. The molecule has 1 aromatic carbocycles. The zero-order valence-electron chi connectivity index (χ0n) is 11.1. The lowest BCUT2D eigenvalue weighted by atomic mass is 10.2. The first-order valence-electron chi connectivity index (χ1n) is 5.91. The normalized spacial score (nSPS) is 12.7. The molecule has 0 aliphatic rings. The molecule has 0 radical (unpaired) electrons. The molecule has 0 aliphatic heterocycles. The van der Waals surface area contributed by atoms with Gasteiger partial charge in [0, 0.05) is 13.0 Å². The van der Waals surface area contributed by atoms with E-state index in [0.29, 0.717) is 6.42 Å². The van der Waals surface area contributed by atoms with Crippen molar-refractivity contribution in [1.29, 1.82) is 0 Å². The van der Waals surface area contributed by atoms with E-state index >= 15 is 0 Å². The van der Waals surface area contributed by atoms with Gasteiger partial charge in [-0.25, -0.2) is 8.42 Å². The van der Waals surface area contributed by atoms with Crippen molar-refractivity contribution in [3.63, 3.8) is 0 Å². The molecule has 0 saturated heterocycles. The van der Waals surface area contributed by atoms with Gasteiger partial charge in [0.25, 0.3) is 0 Å². The molecule has 0 aliphatic carbocycles. The fraction of sp³-hybridized carbons (Fsp3) is 0.333. The smallest absolute Gasteiger partial charge is 0.207 e. The Morgan fingerprint density at radius 2 is 1.84 bits per heavy atom. The molecule has 0 amide bonds. The van der Waals surface area contributed by atoms with Crippen LogP contribution in [0.25, 0.3) is 0 Å². The molecule has 0 aromatic heterocycles. The van der Waals surface area contributed by atoms with E-state index in [1.54, 1.807) is 31.2 Å². The first kappa shape index (κ1) is 15.3. The van der Waals surface area contributed by atoms with Crippen molar-refractivity contribution in [3.8, 4) is 24.7 Å². The number of sulfonamides is 1. The van der Waals surface area contributed by atoms with Crippen LogP contribution in [0.4, 0.5) is 0 Å². The maximum absolute atomic E-state index is 12.5. The third kappa shape index (κ3) is 3.61. The van der Waals surface area contributed by atoms with Gasteiger partial charge in [-0.1, -0.05) is 23.6 Å². The van der Waals surface area contributed by atoms with Crippen LogP contribution in [-0.2, 0) is 10.0 Å². The number of nitrogens with zero attached hydrogens (tertiary/aromatic N) is 1. The second-order valence-corrected chi connectivity index (χ2v) is 6.12. The summed E-state index contributed by atoms with van der Waals surface area (Å²) in [6, 6.07) is 6.15. The van der Waals surface area contributed by atoms with Gasteiger partial charge < -0.3 is 0 Å². The molecular weight excluding hydrogens is 258 g/mol. The Morgan fingerprint density at radius 1 is 1.26 bits per heavy atom. The van der Waals surface area contributed by atoms with Crippen molar-refractivity contribution in [1.82, 2.24) is 4.31 Å². The Kier molecular flexibility index (Phi) is 5.18. The lowest BCUT2D eigenvalue weighted by Crippen LogP contribution is -2.38. The average Bonchev–Trinajstić information content (AvgIpc) is 2.39. The Hall–Kier alpha value is -1.75. The minimum atomic E-state index is -3.61. The molecule has 0 N–H and O–H groups in total. The van der Waals surface area contributed by atoms with E-state index in [9.17, 15) is 8.42 Å². The number of hydrogen-bond acceptors (Lipinski definition) is 2. The molecular formula is C15H17NO2S. The van der Waals surface area contributed by atoms with Gasteiger partial charge in [0.1, 0.15) is 0 Å². The summed E-state index contributed by atoms with van der Waals surface area (Å²) in [7, 11) is -3.61. The summed E-state index contributed by atoms with van der Waals surface area (Å²) < 4.78 is 26.3. The molecule has 4 heteroatoms. The Bertz CT molecular complexity index is 603. The molecule has 100 valence electrons. The minimum absolute atomic E-state index is 0.220. The van der Waals surface area contributed by atoms with Crippen LogP contribution in [0.3, 0.4) is 0 Å². The summed E-state index contributed by atoms with van der Waals surface area (Å²) in [5, 5.41) is 0. The monoisotopic (exact) mass is 275 g/mol. The fourth-order valence-electron chi connectivity index (χ4n) is 1.63. The van der Waals surface area contributed by atoms with Crippen molar-refractivity contribution in [2.45, 2.75) is 31.2 Å². The molecule has 1 aromatic rings. The average molecular weight is 275 g/mol. The second kappa shape index (κ2) is 6.43. The van der Waals surface area contributed by atoms with Crippen molar-refractivity contribution >= 4 is 10.0 Å². The van der Waals surface area contributed by atoms with E-state index in [1.807, 2.05) is 6.92 Å². The highest BCUT2D eigenvalue weighted by atomic mass is 32.2. The maximum atomic E-state index is 12.5. The van der Waals surface area contributed by atoms with Crippen LogP contribution in [0.1, 0.15) is 18.9 Å². The molecule has 0 bridgehead atoms. The van der Waals surface area contributed by atoms with Crippen LogP contribution >= 0.6 is 0 Å². The predicted molar refractivity (Wildman–Crippen MR) is 76.8 cm³/mol. The largest absolute Gasteiger partial charge is 0.244 e. The van der Waals surface area contributed by atoms with Gasteiger partial charge in [0.15, 0.2) is 0 Å². The fourth-order valence-corrected chi connectivity index (χ4v) is 3.19. The molecule has 19 heavy (non-hydrogen) atoms. The van der Waals surface area contributed by atoms with Crippen LogP contribution in [0.2, 0.25) is 0 Å². The number of hydrogen-bond donors (Lipinski definition) is 0. The number of benzene rings is 1.